The van der Waals surface area contributed by atoms with E-state index < -0.39 is 0 Å². The van der Waals surface area contributed by atoms with Crippen LogP contribution in [0.5, 0.6) is 5.75 Å². The Morgan fingerprint density at radius 2 is 2.07 bits per heavy atom. The predicted octanol–water partition coefficient (Wildman–Crippen LogP) is 4.52. The molecule has 2 aromatic carbocycles. The number of hydrogen-bond acceptors (Lipinski definition) is 5. The Balaban J connectivity index is 1.42. The van der Waals surface area contributed by atoms with Crippen LogP contribution < -0.4 is 15.0 Å². The normalized spacial score (nSPS) is 13.1. The van der Waals surface area contributed by atoms with Crippen LogP contribution in [0.15, 0.2) is 47.8 Å². The van der Waals surface area contributed by atoms with Crippen molar-refractivity contribution in [3.8, 4) is 17.0 Å². The Hall–Kier alpha value is -2.86. The van der Waals surface area contributed by atoms with E-state index in [2.05, 4.69) is 40.3 Å². The lowest BCUT2D eigenvalue weighted by atomic mass is 9.99. The van der Waals surface area contributed by atoms with Crippen molar-refractivity contribution in [2.24, 2.45) is 0 Å². The van der Waals surface area contributed by atoms with E-state index in [9.17, 15) is 4.79 Å². The molecule has 0 saturated carbocycles. The number of thiazole rings is 1. The third-order valence-corrected chi connectivity index (χ3v) is 5.68. The van der Waals surface area contributed by atoms with E-state index in [0.717, 1.165) is 36.4 Å². The van der Waals surface area contributed by atoms with Gasteiger partial charge in [-0.3, -0.25) is 4.79 Å². The Morgan fingerprint density at radius 3 is 2.86 bits per heavy atom. The number of aromatic nitrogens is 1. The lowest BCUT2D eigenvalue weighted by molar-refractivity contribution is -0.115. The number of methoxy groups -OCH3 is 1. The summed E-state index contributed by atoms with van der Waals surface area (Å²) in [7, 11) is 1.65. The lowest BCUT2D eigenvalue weighted by Crippen LogP contribution is -2.36. The molecule has 6 heteroatoms. The fourth-order valence-corrected chi connectivity index (χ4v) is 4.26. The molecule has 0 unspecified atom stereocenters. The molecule has 28 heavy (non-hydrogen) atoms. The third kappa shape index (κ3) is 4.02. The maximum Gasteiger partial charge on any atom is 0.245 e. The third-order valence-electron chi connectivity index (χ3n) is 4.92. The summed E-state index contributed by atoms with van der Waals surface area (Å²) in [5.41, 5.74) is 5.61. The fraction of sp³-hybridized carbons (Fsp3) is 0.273. The standard InChI is InChI=1S/C22H23N3O2S/c1-15-5-10-20-17(12-15)4-3-11-25(20)13-21(26)24-22-23-19(14-28-22)16-6-8-18(27-2)9-7-16/h5-10,12,14H,3-4,11,13H2,1-2H3,(H,23,24,26). The molecule has 0 aliphatic carbocycles. The number of rotatable bonds is 5. The maximum atomic E-state index is 12.6. The molecule has 1 N–H and O–H groups in total. The molecule has 144 valence electrons. The predicted molar refractivity (Wildman–Crippen MR) is 114 cm³/mol. The van der Waals surface area contributed by atoms with Crippen LogP contribution in [-0.4, -0.2) is 31.1 Å². The van der Waals surface area contributed by atoms with Crippen LogP contribution >= 0.6 is 11.3 Å². The Bertz CT molecular complexity index is 982. The number of anilines is 2. The molecule has 0 spiro atoms. The lowest BCUT2D eigenvalue weighted by Gasteiger charge is -2.30. The first-order chi connectivity index (χ1) is 13.6. The van der Waals surface area contributed by atoms with E-state index in [-0.39, 0.29) is 5.91 Å². The van der Waals surface area contributed by atoms with Crippen molar-refractivity contribution < 1.29 is 9.53 Å². The number of fused-ring (bicyclic) bond motifs is 1. The first-order valence-corrected chi connectivity index (χ1v) is 10.2. The quantitative estimate of drug-likeness (QED) is 0.693. The number of amides is 1. The fourth-order valence-electron chi connectivity index (χ4n) is 3.53. The summed E-state index contributed by atoms with van der Waals surface area (Å²) in [5, 5.41) is 5.52. The molecular formula is C22H23N3O2S. The summed E-state index contributed by atoms with van der Waals surface area (Å²) in [6, 6.07) is 14.2. The zero-order valence-electron chi connectivity index (χ0n) is 16.1. The molecule has 1 aliphatic rings. The molecule has 0 saturated heterocycles. The molecule has 4 rings (SSSR count). The van der Waals surface area contributed by atoms with Crippen molar-refractivity contribution in [1.29, 1.82) is 0 Å². The van der Waals surface area contributed by atoms with E-state index in [4.69, 9.17) is 4.74 Å². The van der Waals surface area contributed by atoms with Gasteiger partial charge in [0.05, 0.1) is 19.3 Å². The minimum Gasteiger partial charge on any atom is -0.497 e. The van der Waals surface area contributed by atoms with Crippen LogP contribution in [0.3, 0.4) is 0 Å². The van der Waals surface area contributed by atoms with E-state index in [1.807, 2.05) is 29.6 Å². The number of carbonyl (C=O) groups excluding carboxylic acids is 1. The van der Waals surface area contributed by atoms with Crippen LogP contribution in [0.4, 0.5) is 10.8 Å². The van der Waals surface area contributed by atoms with Crippen molar-refractivity contribution in [3.63, 3.8) is 0 Å². The molecule has 0 fully saturated rings. The Labute approximate surface area is 169 Å². The molecule has 0 atom stereocenters. The number of carbonyl (C=O) groups is 1. The van der Waals surface area contributed by atoms with E-state index >= 15 is 0 Å². The molecule has 2 heterocycles. The molecule has 5 nitrogen and oxygen atoms in total. The summed E-state index contributed by atoms with van der Waals surface area (Å²) < 4.78 is 5.19. The highest BCUT2D eigenvalue weighted by Crippen LogP contribution is 2.29. The van der Waals surface area contributed by atoms with Crippen LogP contribution in [0.2, 0.25) is 0 Å². The molecule has 3 aromatic rings. The molecule has 1 amide bonds. The monoisotopic (exact) mass is 393 g/mol. The molecule has 0 radical (unpaired) electrons. The van der Waals surface area contributed by atoms with Gasteiger partial charge in [-0.15, -0.1) is 11.3 Å². The van der Waals surface area contributed by atoms with Crippen molar-refractivity contribution in [2.75, 3.05) is 30.4 Å². The Morgan fingerprint density at radius 1 is 1.25 bits per heavy atom. The SMILES string of the molecule is COc1ccc(-c2csc(NC(=O)CN3CCCc4cc(C)ccc43)n2)cc1. The maximum absolute atomic E-state index is 12.6. The highest BCUT2D eigenvalue weighted by atomic mass is 32.1. The van der Waals surface area contributed by atoms with Crippen molar-refractivity contribution in [2.45, 2.75) is 19.8 Å². The number of nitrogens with zero attached hydrogens (tertiary/aromatic N) is 2. The van der Waals surface area contributed by atoms with E-state index in [1.54, 1.807) is 7.11 Å². The van der Waals surface area contributed by atoms with Crippen molar-refractivity contribution >= 4 is 28.1 Å². The highest BCUT2D eigenvalue weighted by Gasteiger charge is 2.19. The number of benzene rings is 2. The average molecular weight is 394 g/mol. The van der Waals surface area contributed by atoms with Gasteiger partial charge in [0.1, 0.15) is 5.75 Å². The van der Waals surface area contributed by atoms with Gasteiger partial charge in [-0.1, -0.05) is 17.7 Å². The first-order valence-electron chi connectivity index (χ1n) is 9.36. The van der Waals surface area contributed by atoms with Gasteiger partial charge >= 0.3 is 0 Å². The zero-order valence-corrected chi connectivity index (χ0v) is 16.9. The number of ether oxygens (including phenoxy) is 1. The summed E-state index contributed by atoms with van der Waals surface area (Å²) >= 11 is 1.44. The summed E-state index contributed by atoms with van der Waals surface area (Å²) in [6.07, 6.45) is 2.15. The number of aryl methyl sites for hydroxylation is 2. The summed E-state index contributed by atoms with van der Waals surface area (Å²) in [4.78, 5) is 19.3. The van der Waals surface area contributed by atoms with Gasteiger partial charge in [0.25, 0.3) is 0 Å². The number of nitrogens with one attached hydrogen (secondary N) is 1. The second kappa shape index (κ2) is 8.02. The van der Waals surface area contributed by atoms with Gasteiger partial charge in [0.2, 0.25) is 5.91 Å². The second-order valence-electron chi connectivity index (χ2n) is 6.97. The second-order valence-corrected chi connectivity index (χ2v) is 7.83. The average Bonchev–Trinajstić information content (AvgIpc) is 3.16. The summed E-state index contributed by atoms with van der Waals surface area (Å²) in [6.45, 7) is 3.35. The molecule has 1 aromatic heterocycles. The first kappa shape index (κ1) is 18.5. The van der Waals surface area contributed by atoms with Crippen LogP contribution in [0, 0.1) is 6.92 Å². The Kier molecular flexibility index (Phi) is 5.30. The molecule has 0 bridgehead atoms. The van der Waals surface area contributed by atoms with E-state index in [1.165, 1.54) is 28.2 Å². The van der Waals surface area contributed by atoms with Crippen LogP contribution in [0.1, 0.15) is 17.5 Å². The van der Waals surface area contributed by atoms with Gasteiger partial charge in [-0.25, -0.2) is 4.98 Å². The smallest absolute Gasteiger partial charge is 0.245 e. The number of hydrogen-bond donors (Lipinski definition) is 1. The topological polar surface area (TPSA) is 54.5 Å². The van der Waals surface area contributed by atoms with Crippen LogP contribution in [-0.2, 0) is 11.2 Å². The van der Waals surface area contributed by atoms with Gasteiger partial charge in [0, 0.05) is 23.2 Å². The van der Waals surface area contributed by atoms with Gasteiger partial charge in [0.15, 0.2) is 5.13 Å². The largest absolute Gasteiger partial charge is 0.497 e. The van der Waals surface area contributed by atoms with Gasteiger partial charge < -0.3 is 15.0 Å². The zero-order chi connectivity index (χ0) is 19.5. The van der Waals surface area contributed by atoms with Gasteiger partial charge in [-0.05, 0) is 55.7 Å². The highest BCUT2D eigenvalue weighted by molar-refractivity contribution is 7.14. The summed E-state index contributed by atoms with van der Waals surface area (Å²) in [5.74, 6) is 0.772. The molecule has 1 aliphatic heterocycles. The van der Waals surface area contributed by atoms with Crippen molar-refractivity contribution in [3.05, 3.63) is 59.0 Å². The minimum atomic E-state index is -0.0379. The minimum absolute atomic E-state index is 0.0379. The van der Waals surface area contributed by atoms with Crippen molar-refractivity contribution in [1.82, 2.24) is 4.98 Å². The van der Waals surface area contributed by atoms with Gasteiger partial charge in [-0.2, -0.15) is 0 Å². The van der Waals surface area contributed by atoms with Crippen LogP contribution in [0.25, 0.3) is 11.3 Å². The van der Waals surface area contributed by atoms with E-state index in [0.29, 0.717) is 11.7 Å². The molecular weight excluding hydrogens is 370 g/mol.